The molecule has 2 bridgehead atoms. The number of hydrogen-bond donors (Lipinski definition) is 0. The van der Waals surface area contributed by atoms with Gasteiger partial charge >= 0.3 is 0 Å². The minimum absolute atomic E-state index is 0.00964. The summed E-state index contributed by atoms with van der Waals surface area (Å²) in [6.07, 6.45) is 1.89. The molecule has 0 saturated carbocycles. The highest BCUT2D eigenvalue weighted by molar-refractivity contribution is 7.07. The molecule has 4 heterocycles. The molecule has 0 N–H and O–H groups in total. The van der Waals surface area contributed by atoms with Gasteiger partial charge in [0.25, 0.3) is 0 Å². The van der Waals surface area contributed by atoms with Gasteiger partial charge in [0.2, 0.25) is 11.8 Å². The second kappa shape index (κ2) is 5.75. The lowest BCUT2D eigenvalue weighted by Gasteiger charge is -2.35. The highest BCUT2D eigenvalue weighted by atomic mass is 32.1. The number of fused-ring (bicyclic) bond motifs is 4. The topological polar surface area (TPSA) is 53.5 Å². The van der Waals surface area contributed by atoms with E-state index in [1.807, 2.05) is 29.0 Å². The summed E-state index contributed by atoms with van der Waals surface area (Å²) in [5.74, 6) is 0.309. The van der Waals surface area contributed by atoms with E-state index in [4.69, 9.17) is 0 Å². The van der Waals surface area contributed by atoms with Crippen LogP contribution in [0.2, 0.25) is 0 Å². The van der Waals surface area contributed by atoms with E-state index in [2.05, 4.69) is 4.98 Å². The predicted octanol–water partition coefficient (Wildman–Crippen LogP) is 1.75. The first-order valence-corrected chi connectivity index (χ1v) is 8.47. The van der Waals surface area contributed by atoms with E-state index in [-0.39, 0.29) is 29.7 Å². The molecule has 2 atom stereocenters. The Bertz CT molecular complexity index is 529. The zero-order valence-electron chi connectivity index (χ0n) is 12.5. The molecule has 3 aliphatic rings. The molecular weight excluding hydrogens is 286 g/mol. The van der Waals surface area contributed by atoms with Crippen LogP contribution in [0.5, 0.6) is 0 Å². The fourth-order valence-corrected chi connectivity index (χ4v) is 3.83. The molecule has 5 nitrogen and oxygen atoms in total. The van der Waals surface area contributed by atoms with Crippen molar-refractivity contribution in [2.45, 2.75) is 39.3 Å². The zero-order chi connectivity index (χ0) is 15.0. The van der Waals surface area contributed by atoms with Crippen LogP contribution in [0.4, 0.5) is 0 Å². The van der Waals surface area contributed by atoms with Crippen LogP contribution >= 0.6 is 11.3 Å². The molecule has 3 aliphatic heterocycles. The summed E-state index contributed by atoms with van der Waals surface area (Å²) in [7, 11) is 0. The van der Waals surface area contributed by atoms with Crippen LogP contribution in [-0.4, -0.2) is 45.7 Å². The monoisotopic (exact) mass is 307 g/mol. The predicted molar refractivity (Wildman–Crippen MR) is 80.6 cm³/mol. The Labute approximate surface area is 129 Å². The van der Waals surface area contributed by atoms with E-state index in [1.165, 1.54) is 0 Å². The Kier molecular flexibility index (Phi) is 3.97. The standard InChI is InChI=1S/C15H21N3O2S/c1-10(2)14(19)17-5-11-3-4-13(7-17)18(15(11)20)6-12-8-21-9-16-12/h8-11,13H,3-7H2,1-2H3/t11-,13+/m0/s1. The Morgan fingerprint density at radius 1 is 1.43 bits per heavy atom. The van der Waals surface area contributed by atoms with Crippen LogP contribution < -0.4 is 0 Å². The lowest BCUT2D eigenvalue weighted by atomic mass is 9.94. The molecular formula is C15H21N3O2S. The minimum atomic E-state index is -0.0370. The largest absolute Gasteiger partial charge is 0.340 e. The summed E-state index contributed by atoms with van der Waals surface area (Å²) in [6.45, 7) is 5.67. The van der Waals surface area contributed by atoms with Crippen molar-refractivity contribution in [1.82, 2.24) is 14.8 Å². The average Bonchev–Trinajstić information content (AvgIpc) is 2.82. The maximum Gasteiger partial charge on any atom is 0.228 e. The van der Waals surface area contributed by atoms with Crippen molar-refractivity contribution in [1.29, 1.82) is 0 Å². The second-order valence-corrected chi connectivity index (χ2v) is 6.99. The number of rotatable bonds is 3. The molecule has 2 amide bonds. The normalized spacial score (nSPS) is 25.6. The van der Waals surface area contributed by atoms with Crippen molar-refractivity contribution in [2.24, 2.45) is 11.8 Å². The van der Waals surface area contributed by atoms with Crippen LogP contribution in [0.15, 0.2) is 10.9 Å². The van der Waals surface area contributed by atoms with Gasteiger partial charge in [-0.15, -0.1) is 11.3 Å². The van der Waals surface area contributed by atoms with Crippen molar-refractivity contribution >= 4 is 23.2 Å². The van der Waals surface area contributed by atoms with Crippen molar-refractivity contribution < 1.29 is 9.59 Å². The number of nitrogens with zero attached hydrogens (tertiary/aromatic N) is 3. The summed E-state index contributed by atoms with van der Waals surface area (Å²) < 4.78 is 0. The van der Waals surface area contributed by atoms with Crippen molar-refractivity contribution in [3.63, 3.8) is 0 Å². The molecule has 0 aliphatic carbocycles. The van der Waals surface area contributed by atoms with Crippen LogP contribution in [-0.2, 0) is 16.1 Å². The summed E-state index contributed by atoms with van der Waals surface area (Å²) in [5.41, 5.74) is 2.74. The number of aromatic nitrogens is 1. The van der Waals surface area contributed by atoms with Crippen molar-refractivity contribution in [3.05, 3.63) is 16.6 Å². The highest BCUT2D eigenvalue weighted by Gasteiger charge is 2.42. The summed E-state index contributed by atoms with van der Waals surface area (Å²) in [5, 5.41) is 1.99. The van der Waals surface area contributed by atoms with Crippen molar-refractivity contribution in [3.8, 4) is 0 Å². The fraction of sp³-hybridized carbons (Fsp3) is 0.667. The van der Waals surface area contributed by atoms with Gasteiger partial charge in [0.05, 0.1) is 23.7 Å². The van der Waals surface area contributed by atoms with Gasteiger partial charge in [-0.05, 0) is 12.8 Å². The quantitative estimate of drug-likeness (QED) is 0.855. The number of thiazole rings is 1. The molecule has 1 aromatic rings. The Morgan fingerprint density at radius 3 is 2.90 bits per heavy atom. The van der Waals surface area contributed by atoms with Crippen molar-refractivity contribution in [2.75, 3.05) is 13.1 Å². The minimum Gasteiger partial charge on any atom is -0.340 e. The SMILES string of the molecule is CC(C)C(=O)N1C[C@@H]2CC[C@H](C1)N(Cc1cscn1)C2=O. The maximum absolute atomic E-state index is 12.6. The molecule has 6 heteroatoms. The average molecular weight is 307 g/mol. The summed E-state index contributed by atoms with van der Waals surface area (Å²) in [4.78, 5) is 33.0. The summed E-state index contributed by atoms with van der Waals surface area (Å²) >= 11 is 1.55. The number of amides is 2. The molecule has 3 fully saturated rings. The van der Waals surface area contributed by atoms with Crippen LogP contribution in [0, 0.1) is 11.8 Å². The van der Waals surface area contributed by atoms with E-state index in [0.717, 1.165) is 18.5 Å². The maximum atomic E-state index is 12.6. The Hall–Kier alpha value is -1.43. The molecule has 114 valence electrons. The first kappa shape index (κ1) is 14.5. The molecule has 0 aromatic carbocycles. The fourth-order valence-electron chi connectivity index (χ4n) is 3.28. The third kappa shape index (κ3) is 2.81. The summed E-state index contributed by atoms with van der Waals surface area (Å²) in [6, 6.07) is 0.139. The molecule has 1 aromatic heterocycles. The lowest BCUT2D eigenvalue weighted by molar-refractivity contribution is -0.140. The number of hydrogen-bond acceptors (Lipinski definition) is 4. The second-order valence-electron chi connectivity index (χ2n) is 6.27. The molecule has 21 heavy (non-hydrogen) atoms. The molecule has 0 radical (unpaired) electrons. The van der Waals surface area contributed by atoms with E-state index in [9.17, 15) is 9.59 Å². The molecule has 0 unspecified atom stereocenters. The van der Waals surface area contributed by atoms with Gasteiger partial charge in [-0.1, -0.05) is 13.8 Å². The number of piperidine rings is 1. The zero-order valence-corrected chi connectivity index (χ0v) is 13.3. The van der Waals surface area contributed by atoms with Crippen LogP contribution in [0.1, 0.15) is 32.4 Å². The third-order valence-corrected chi connectivity index (χ3v) is 5.05. The van der Waals surface area contributed by atoms with E-state index in [1.54, 1.807) is 16.8 Å². The number of carbonyl (C=O) groups is 2. The third-order valence-electron chi connectivity index (χ3n) is 4.41. The van der Waals surface area contributed by atoms with Gasteiger partial charge in [0.1, 0.15) is 0 Å². The first-order chi connectivity index (χ1) is 10.1. The van der Waals surface area contributed by atoms with Gasteiger partial charge in [-0.25, -0.2) is 4.98 Å². The van der Waals surface area contributed by atoms with E-state index in [0.29, 0.717) is 19.6 Å². The van der Waals surface area contributed by atoms with Gasteiger partial charge in [0.15, 0.2) is 0 Å². The van der Waals surface area contributed by atoms with Gasteiger partial charge in [-0.2, -0.15) is 0 Å². The lowest BCUT2D eigenvalue weighted by Crippen LogP contribution is -2.47. The van der Waals surface area contributed by atoms with Gasteiger partial charge in [-0.3, -0.25) is 9.59 Å². The van der Waals surface area contributed by atoms with Gasteiger partial charge in [0, 0.05) is 30.4 Å². The number of carbonyl (C=O) groups excluding carboxylic acids is 2. The van der Waals surface area contributed by atoms with Crippen LogP contribution in [0.3, 0.4) is 0 Å². The van der Waals surface area contributed by atoms with E-state index >= 15 is 0 Å². The van der Waals surface area contributed by atoms with E-state index < -0.39 is 0 Å². The molecule has 4 rings (SSSR count). The molecule has 0 spiro atoms. The smallest absolute Gasteiger partial charge is 0.228 e. The highest BCUT2D eigenvalue weighted by Crippen LogP contribution is 2.30. The van der Waals surface area contributed by atoms with Gasteiger partial charge < -0.3 is 9.80 Å². The first-order valence-electron chi connectivity index (χ1n) is 7.52. The Morgan fingerprint density at radius 2 is 2.24 bits per heavy atom. The van der Waals surface area contributed by atoms with Crippen LogP contribution in [0.25, 0.3) is 0 Å². The molecule has 3 saturated heterocycles. The Balaban J connectivity index is 1.79.